The number of likely N-dealkylation sites (tertiary alicyclic amines) is 1. The lowest BCUT2D eigenvalue weighted by molar-refractivity contribution is -0.140. The van der Waals surface area contributed by atoms with Gasteiger partial charge >= 0.3 is 0 Å². The van der Waals surface area contributed by atoms with Crippen molar-refractivity contribution in [3.05, 3.63) is 69.2 Å². The number of carbonyl (C=O) groups is 2. The number of hydrogen-bond donors (Lipinski definition) is 1. The first-order chi connectivity index (χ1) is 13.9. The van der Waals surface area contributed by atoms with Gasteiger partial charge in [0.05, 0.1) is 30.4 Å². The summed E-state index contributed by atoms with van der Waals surface area (Å²) in [4.78, 5) is 26.9. The molecule has 1 amide bonds. The quantitative estimate of drug-likeness (QED) is 0.420. The summed E-state index contributed by atoms with van der Waals surface area (Å²) in [6.07, 6.45) is 0. The topological polar surface area (TPSA) is 76.1 Å². The van der Waals surface area contributed by atoms with Gasteiger partial charge in [0.2, 0.25) is 0 Å². The van der Waals surface area contributed by atoms with Crippen LogP contribution in [-0.2, 0) is 14.3 Å². The van der Waals surface area contributed by atoms with Crippen LogP contribution in [0.5, 0.6) is 5.75 Å². The summed E-state index contributed by atoms with van der Waals surface area (Å²) >= 11 is 12.2. The highest BCUT2D eigenvalue weighted by Crippen LogP contribution is 2.41. The van der Waals surface area contributed by atoms with Gasteiger partial charge in [-0.2, -0.15) is 0 Å². The zero-order chi connectivity index (χ0) is 21.1. The van der Waals surface area contributed by atoms with Crippen molar-refractivity contribution in [3.8, 4) is 5.75 Å². The van der Waals surface area contributed by atoms with Crippen molar-refractivity contribution < 1.29 is 24.2 Å². The van der Waals surface area contributed by atoms with E-state index in [0.717, 1.165) is 0 Å². The van der Waals surface area contributed by atoms with Gasteiger partial charge in [-0.15, -0.1) is 0 Å². The Bertz CT molecular complexity index is 972. The number of carbonyl (C=O) groups excluding carboxylic acids is 2. The fourth-order valence-electron chi connectivity index (χ4n) is 3.25. The smallest absolute Gasteiger partial charge is 0.295 e. The lowest BCUT2D eigenvalue weighted by Crippen LogP contribution is -2.32. The van der Waals surface area contributed by atoms with Crippen molar-refractivity contribution in [1.29, 1.82) is 0 Å². The van der Waals surface area contributed by atoms with Crippen molar-refractivity contribution in [3.63, 3.8) is 0 Å². The van der Waals surface area contributed by atoms with Crippen molar-refractivity contribution in [1.82, 2.24) is 4.90 Å². The summed E-state index contributed by atoms with van der Waals surface area (Å²) < 4.78 is 10.3. The SMILES string of the molecule is COCCN1C(=O)C(=O)/C(=C(/O)c2cc(OC)ccc2Cl)C1c1ccc(Cl)cc1. The third-order valence-electron chi connectivity index (χ3n) is 4.69. The van der Waals surface area contributed by atoms with E-state index in [4.69, 9.17) is 32.7 Å². The standard InChI is InChI=1S/C21H19Cl2NO5/c1-28-10-9-24-18(12-3-5-13(22)6-4-12)17(20(26)21(24)27)19(25)15-11-14(29-2)7-8-16(15)23/h3-8,11,18,25H,9-10H2,1-2H3/b19-17+. The zero-order valence-corrected chi connectivity index (χ0v) is 17.3. The summed E-state index contributed by atoms with van der Waals surface area (Å²) in [7, 11) is 2.98. The molecule has 2 aromatic rings. The number of ketones is 1. The maximum atomic E-state index is 12.9. The average molecular weight is 436 g/mol. The minimum absolute atomic E-state index is 0.0522. The van der Waals surface area contributed by atoms with Gasteiger partial charge in [0.25, 0.3) is 11.7 Å². The third-order valence-corrected chi connectivity index (χ3v) is 5.27. The number of rotatable bonds is 6. The van der Waals surface area contributed by atoms with Crippen LogP contribution in [0.3, 0.4) is 0 Å². The number of ether oxygens (including phenoxy) is 2. The van der Waals surface area contributed by atoms with Crippen LogP contribution in [0.4, 0.5) is 0 Å². The van der Waals surface area contributed by atoms with E-state index in [0.29, 0.717) is 16.3 Å². The molecule has 1 N–H and O–H groups in total. The first-order valence-electron chi connectivity index (χ1n) is 8.75. The molecule has 1 saturated heterocycles. The molecule has 8 heteroatoms. The number of aliphatic hydroxyl groups excluding tert-OH is 1. The monoisotopic (exact) mass is 435 g/mol. The Morgan fingerprint density at radius 1 is 1.10 bits per heavy atom. The van der Waals surface area contributed by atoms with Crippen LogP contribution in [0, 0.1) is 0 Å². The second-order valence-corrected chi connectivity index (χ2v) is 7.23. The largest absolute Gasteiger partial charge is 0.507 e. The first-order valence-corrected chi connectivity index (χ1v) is 9.51. The van der Waals surface area contributed by atoms with Crippen molar-refractivity contribution >= 4 is 40.7 Å². The van der Waals surface area contributed by atoms with Crippen LogP contribution < -0.4 is 4.74 Å². The number of aliphatic hydroxyl groups is 1. The molecule has 6 nitrogen and oxygen atoms in total. The van der Waals surface area contributed by atoms with E-state index in [1.807, 2.05) is 0 Å². The van der Waals surface area contributed by atoms with Gasteiger partial charge in [-0.25, -0.2) is 0 Å². The van der Waals surface area contributed by atoms with E-state index in [2.05, 4.69) is 0 Å². The molecule has 0 saturated carbocycles. The summed E-state index contributed by atoms with van der Waals surface area (Å²) in [5.41, 5.74) is 0.781. The Kier molecular flexibility index (Phi) is 6.47. The molecule has 3 rings (SSSR count). The first kappa shape index (κ1) is 21.2. The maximum Gasteiger partial charge on any atom is 0.295 e. The molecule has 1 heterocycles. The number of methoxy groups -OCH3 is 2. The Labute approximate surface area is 178 Å². The average Bonchev–Trinajstić information content (AvgIpc) is 2.97. The van der Waals surface area contributed by atoms with Crippen LogP contribution in [0.1, 0.15) is 17.2 Å². The Morgan fingerprint density at radius 3 is 2.41 bits per heavy atom. The zero-order valence-electron chi connectivity index (χ0n) is 15.8. The molecule has 152 valence electrons. The fraction of sp³-hybridized carbons (Fsp3) is 0.238. The van der Waals surface area contributed by atoms with Gasteiger partial charge in [-0.3, -0.25) is 9.59 Å². The van der Waals surface area contributed by atoms with E-state index in [1.54, 1.807) is 36.4 Å². The summed E-state index contributed by atoms with van der Waals surface area (Å²) in [5.74, 6) is -1.43. The van der Waals surface area contributed by atoms with Gasteiger partial charge in [-0.05, 0) is 35.9 Å². The number of benzene rings is 2. The highest BCUT2D eigenvalue weighted by atomic mass is 35.5. The number of hydrogen-bond acceptors (Lipinski definition) is 5. The maximum absolute atomic E-state index is 12.9. The molecule has 0 spiro atoms. The van der Waals surface area contributed by atoms with E-state index in [9.17, 15) is 14.7 Å². The fourth-order valence-corrected chi connectivity index (χ4v) is 3.58. The molecule has 1 aliphatic rings. The van der Waals surface area contributed by atoms with E-state index in [1.165, 1.54) is 25.2 Å². The predicted molar refractivity (Wildman–Crippen MR) is 110 cm³/mol. The molecular formula is C21H19Cl2NO5. The third kappa shape index (κ3) is 4.10. The number of halogens is 2. The Balaban J connectivity index is 2.20. The molecule has 1 unspecified atom stereocenters. The molecule has 0 aromatic heterocycles. The number of amides is 1. The van der Waals surface area contributed by atoms with Gasteiger partial charge in [0, 0.05) is 24.2 Å². The Morgan fingerprint density at radius 2 is 1.79 bits per heavy atom. The lowest BCUT2D eigenvalue weighted by atomic mass is 9.95. The molecule has 2 aromatic carbocycles. The molecule has 1 aliphatic heterocycles. The van der Waals surface area contributed by atoms with Gasteiger partial charge in [0.15, 0.2) is 0 Å². The lowest BCUT2D eigenvalue weighted by Gasteiger charge is -2.25. The summed E-state index contributed by atoms with van der Waals surface area (Å²) in [6.45, 7) is 0.411. The van der Waals surface area contributed by atoms with Crippen LogP contribution in [0.25, 0.3) is 5.76 Å². The molecule has 0 radical (unpaired) electrons. The number of Topliss-reactive ketones (excluding diaryl/α,β-unsaturated/α-hetero) is 1. The Hall–Kier alpha value is -2.54. The minimum atomic E-state index is -0.801. The normalized spacial score (nSPS) is 18.3. The van der Waals surface area contributed by atoms with Crippen molar-refractivity contribution in [2.45, 2.75) is 6.04 Å². The van der Waals surface area contributed by atoms with Crippen molar-refractivity contribution in [2.75, 3.05) is 27.4 Å². The van der Waals surface area contributed by atoms with Gasteiger partial charge < -0.3 is 19.5 Å². The molecule has 1 atom stereocenters. The van der Waals surface area contributed by atoms with E-state index in [-0.39, 0.29) is 35.1 Å². The summed E-state index contributed by atoms with van der Waals surface area (Å²) in [5, 5.41) is 11.8. The van der Waals surface area contributed by atoms with Gasteiger partial charge in [-0.1, -0.05) is 35.3 Å². The highest BCUT2D eigenvalue weighted by molar-refractivity contribution is 6.47. The van der Waals surface area contributed by atoms with Crippen LogP contribution in [0.2, 0.25) is 10.0 Å². The molecule has 1 fully saturated rings. The second-order valence-electron chi connectivity index (χ2n) is 6.38. The van der Waals surface area contributed by atoms with E-state index >= 15 is 0 Å². The van der Waals surface area contributed by atoms with Crippen LogP contribution >= 0.6 is 23.2 Å². The predicted octanol–water partition coefficient (Wildman–Crippen LogP) is 4.07. The summed E-state index contributed by atoms with van der Waals surface area (Å²) in [6, 6.07) is 10.6. The highest BCUT2D eigenvalue weighted by Gasteiger charge is 2.46. The van der Waals surface area contributed by atoms with Gasteiger partial charge in [0.1, 0.15) is 11.5 Å². The van der Waals surface area contributed by atoms with Crippen LogP contribution in [-0.4, -0.2) is 49.1 Å². The van der Waals surface area contributed by atoms with E-state index < -0.39 is 17.7 Å². The minimum Gasteiger partial charge on any atom is -0.507 e. The van der Waals surface area contributed by atoms with Crippen molar-refractivity contribution in [2.24, 2.45) is 0 Å². The molecule has 0 aliphatic carbocycles. The molecule has 29 heavy (non-hydrogen) atoms. The number of nitrogens with zero attached hydrogens (tertiary/aromatic N) is 1. The molecule has 0 bridgehead atoms. The molecular weight excluding hydrogens is 417 g/mol. The van der Waals surface area contributed by atoms with Crippen LogP contribution in [0.15, 0.2) is 48.0 Å². The second kappa shape index (κ2) is 8.86.